The predicted octanol–water partition coefficient (Wildman–Crippen LogP) is 3.33. The summed E-state index contributed by atoms with van der Waals surface area (Å²) in [6.07, 6.45) is 4.18. The van der Waals surface area contributed by atoms with Crippen LogP contribution in [0, 0.1) is 0 Å². The molecule has 0 aliphatic rings. The number of hydrogen-bond acceptors (Lipinski definition) is 3. The number of sulfonamides is 1. The van der Waals surface area contributed by atoms with E-state index in [1.54, 1.807) is 24.3 Å². The highest BCUT2D eigenvalue weighted by molar-refractivity contribution is 7.89. The van der Waals surface area contributed by atoms with Crippen LogP contribution in [0.1, 0.15) is 46.5 Å². The second kappa shape index (κ2) is 8.27. The molecule has 5 heteroatoms. The summed E-state index contributed by atoms with van der Waals surface area (Å²) in [6, 6.07) is 6.47. The molecular weight excluding hydrogens is 274 g/mol. The van der Waals surface area contributed by atoms with Crippen LogP contribution in [0.2, 0.25) is 0 Å². The molecule has 1 aromatic rings. The van der Waals surface area contributed by atoms with Crippen molar-refractivity contribution in [1.29, 1.82) is 0 Å². The highest BCUT2D eigenvalue weighted by Gasteiger charge is 2.16. The molecule has 0 radical (unpaired) electrons. The van der Waals surface area contributed by atoms with Gasteiger partial charge in [-0.2, -0.15) is 0 Å². The van der Waals surface area contributed by atoms with E-state index in [9.17, 15) is 8.42 Å². The van der Waals surface area contributed by atoms with Gasteiger partial charge in [-0.15, -0.1) is 0 Å². The van der Waals surface area contributed by atoms with Gasteiger partial charge < -0.3 is 4.74 Å². The Balaban J connectivity index is 2.63. The van der Waals surface area contributed by atoms with E-state index in [2.05, 4.69) is 11.6 Å². The quantitative estimate of drug-likeness (QED) is 0.712. The SMILES string of the molecule is CCCCCC(C)NS(=O)(=O)c1ccc(OCC)cc1. The first-order valence-electron chi connectivity index (χ1n) is 7.24. The van der Waals surface area contributed by atoms with Crippen molar-refractivity contribution in [2.24, 2.45) is 0 Å². The summed E-state index contributed by atoms with van der Waals surface area (Å²) < 4.78 is 32.4. The van der Waals surface area contributed by atoms with Gasteiger partial charge in [-0.1, -0.05) is 26.2 Å². The Labute approximate surface area is 122 Å². The molecule has 4 nitrogen and oxygen atoms in total. The lowest BCUT2D eigenvalue weighted by Crippen LogP contribution is -2.32. The maximum atomic E-state index is 12.2. The van der Waals surface area contributed by atoms with Crippen LogP contribution in [-0.2, 0) is 10.0 Å². The minimum absolute atomic E-state index is 0.0434. The molecule has 114 valence electrons. The third-order valence-electron chi connectivity index (χ3n) is 3.04. The summed E-state index contributed by atoms with van der Waals surface area (Å²) in [5.74, 6) is 0.683. The Morgan fingerprint density at radius 3 is 2.35 bits per heavy atom. The van der Waals surface area contributed by atoms with Crippen molar-refractivity contribution in [1.82, 2.24) is 4.72 Å². The van der Waals surface area contributed by atoms with Gasteiger partial charge in [0.2, 0.25) is 10.0 Å². The second-order valence-corrected chi connectivity index (χ2v) is 6.64. The molecule has 1 aromatic carbocycles. The summed E-state index contributed by atoms with van der Waals surface area (Å²) in [5, 5.41) is 0. The van der Waals surface area contributed by atoms with Crippen molar-refractivity contribution in [2.75, 3.05) is 6.61 Å². The molecule has 0 aliphatic carbocycles. The maximum absolute atomic E-state index is 12.2. The smallest absolute Gasteiger partial charge is 0.240 e. The molecule has 1 atom stereocenters. The monoisotopic (exact) mass is 299 g/mol. The van der Waals surface area contributed by atoms with E-state index >= 15 is 0 Å². The van der Waals surface area contributed by atoms with Gasteiger partial charge in [0.15, 0.2) is 0 Å². The van der Waals surface area contributed by atoms with Gasteiger partial charge in [-0.25, -0.2) is 13.1 Å². The molecule has 0 saturated heterocycles. The van der Waals surface area contributed by atoms with Crippen molar-refractivity contribution in [2.45, 2.75) is 57.4 Å². The molecule has 1 rings (SSSR count). The molecular formula is C15H25NO3S. The van der Waals surface area contributed by atoms with Gasteiger partial charge >= 0.3 is 0 Å². The molecule has 0 heterocycles. The molecule has 0 bridgehead atoms. The fourth-order valence-corrected chi connectivity index (χ4v) is 3.25. The van der Waals surface area contributed by atoms with E-state index in [4.69, 9.17) is 4.74 Å². The Bertz CT molecular complexity index is 482. The first-order chi connectivity index (χ1) is 9.49. The van der Waals surface area contributed by atoms with E-state index < -0.39 is 10.0 Å². The predicted molar refractivity (Wildman–Crippen MR) is 81.5 cm³/mol. The van der Waals surface area contributed by atoms with Crippen LogP contribution < -0.4 is 9.46 Å². The van der Waals surface area contributed by atoms with Gasteiger partial charge in [0.25, 0.3) is 0 Å². The standard InChI is InChI=1S/C15H25NO3S/c1-4-6-7-8-13(3)16-20(17,18)15-11-9-14(10-12-15)19-5-2/h9-13,16H,4-8H2,1-3H3. The normalized spacial score (nSPS) is 13.2. The highest BCUT2D eigenvalue weighted by atomic mass is 32.2. The molecule has 0 aromatic heterocycles. The fourth-order valence-electron chi connectivity index (χ4n) is 1.97. The van der Waals surface area contributed by atoms with Gasteiger partial charge in [-0.05, 0) is 44.5 Å². The molecule has 0 amide bonds. The first kappa shape index (κ1) is 17.0. The zero-order valence-electron chi connectivity index (χ0n) is 12.6. The summed E-state index contributed by atoms with van der Waals surface area (Å²) in [4.78, 5) is 0.281. The summed E-state index contributed by atoms with van der Waals surface area (Å²) in [6.45, 7) is 6.50. The lowest BCUT2D eigenvalue weighted by atomic mass is 10.1. The molecule has 20 heavy (non-hydrogen) atoms. The molecule has 1 N–H and O–H groups in total. The molecule has 0 aliphatic heterocycles. The maximum Gasteiger partial charge on any atom is 0.240 e. The Morgan fingerprint density at radius 2 is 1.80 bits per heavy atom. The third-order valence-corrected chi connectivity index (χ3v) is 4.65. The van der Waals surface area contributed by atoms with Crippen LogP contribution >= 0.6 is 0 Å². The Kier molecular flexibility index (Phi) is 7.02. The summed E-state index contributed by atoms with van der Waals surface area (Å²) in [5.41, 5.74) is 0. The van der Waals surface area contributed by atoms with Crippen LogP contribution in [0.4, 0.5) is 0 Å². The summed E-state index contributed by atoms with van der Waals surface area (Å²) in [7, 11) is -3.43. The van der Waals surface area contributed by atoms with Gasteiger partial charge in [-0.3, -0.25) is 0 Å². The van der Waals surface area contributed by atoms with E-state index in [1.807, 2.05) is 13.8 Å². The average molecular weight is 299 g/mol. The number of ether oxygens (including phenoxy) is 1. The van der Waals surface area contributed by atoms with Crippen LogP contribution in [-0.4, -0.2) is 21.1 Å². The lowest BCUT2D eigenvalue weighted by Gasteiger charge is -2.14. The lowest BCUT2D eigenvalue weighted by molar-refractivity contribution is 0.340. The second-order valence-electron chi connectivity index (χ2n) is 4.92. The van der Waals surface area contributed by atoms with Crippen LogP contribution in [0.5, 0.6) is 5.75 Å². The number of hydrogen-bond donors (Lipinski definition) is 1. The Hall–Kier alpha value is -1.07. The molecule has 0 spiro atoms. The van der Waals surface area contributed by atoms with Crippen LogP contribution in [0.15, 0.2) is 29.2 Å². The van der Waals surface area contributed by atoms with E-state index in [-0.39, 0.29) is 10.9 Å². The molecule has 0 fully saturated rings. The van der Waals surface area contributed by atoms with Crippen molar-refractivity contribution in [3.8, 4) is 5.75 Å². The van der Waals surface area contributed by atoms with Crippen LogP contribution in [0.3, 0.4) is 0 Å². The number of benzene rings is 1. The van der Waals surface area contributed by atoms with Gasteiger partial charge in [0.05, 0.1) is 11.5 Å². The minimum Gasteiger partial charge on any atom is -0.494 e. The zero-order valence-corrected chi connectivity index (χ0v) is 13.4. The van der Waals surface area contributed by atoms with Crippen molar-refractivity contribution < 1.29 is 13.2 Å². The number of nitrogens with one attached hydrogen (secondary N) is 1. The van der Waals surface area contributed by atoms with Crippen molar-refractivity contribution >= 4 is 10.0 Å². The average Bonchev–Trinajstić information content (AvgIpc) is 2.39. The molecule has 0 saturated carbocycles. The van der Waals surface area contributed by atoms with E-state index in [1.165, 1.54) is 0 Å². The first-order valence-corrected chi connectivity index (χ1v) is 8.73. The number of unbranched alkanes of at least 4 members (excludes halogenated alkanes) is 2. The largest absolute Gasteiger partial charge is 0.494 e. The number of rotatable bonds is 9. The summed E-state index contributed by atoms with van der Waals surface area (Å²) >= 11 is 0. The van der Waals surface area contributed by atoms with E-state index in [0.29, 0.717) is 12.4 Å². The molecule has 1 unspecified atom stereocenters. The van der Waals surface area contributed by atoms with Crippen molar-refractivity contribution in [3.05, 3.63) is 24.3 Å². The highest BCUT2D eigenvalue weighted by Crippen LogP contribution is 2.16. The topological polar surface area (TPSA) is 55.4 Å². The zero-order chi connectivity index (χ0) is 15.0. The van der Waals surface area contributed by atoms with Gasteiger partial charge in [0, 0.05) is 6.04 Å². The fraction of sp³-hybridized carbons (Fsp3) is 0.600. The van der Waals surface area contributed by atoms with E-state index in [0.717, 1.165) is 25.7 Å². The van der Waals surface area contributed by atoms with Crippen LogP contribution in [0.25, 0.3) is 0 Å². The van der Waals surface area contributed by atoms with Crippen molar-refractivity contribution in [3.63, 3.8) is 0 Å². The third kappa shape index (κ3) is 5.51. The van der Waals surface area contributed by atoms with Gasteiger partial charge in [0.1, 0.15) is 5.75 Å². The minimum atomic E-state index is -3.43. The Morgan fingerprint density at radius 1 is 1.15 bits per heavy atom.